The molecule has 0 spiro atoms. The van der Waals surface area contributed by atoms with E-state index in [1.54, 1.807) is 9.80 Å². The Hall–Kier alpha value is -1.63. The molecule has 2 rings (SSSR count). The van der Waals surface area contributed by atoms with E-state index in [4.69, 9.17) is 5.11 Å². The molecular weight excluding hydrogens is 300 g/mol. The largest absolute Gasteiger partial charge is 0.479 e. The third kappa shape index (κ3) is 3.83. The molecule has 0 aromatic carbocycles. The van der Waals surface area contributed by atoms with E-state index >= 15 is 0 Å². The van der Waals surface area contributed by atoms with Crippen LogP contribution in [-0.2, 0) is 14.4 Å². The number of aliphatic carboxylic acids is 1. The first-order valence-electron chi connectivity index (χ1n) is 8.43. The zero-order valence-corrected chi connectivity index (χ0v) is 13.7. The summed E-state index contributed by atoms with van der Waals surface area (Å²) in [5, 5.41) is 19.0. The molecular formula is C16H26N2O5. The quantitative estimate of drug-likeness (QED) is 0.788. The van der Waals surface area contributed by atoms with Crippen LogP contribution < -0.4 is 0 Å². The van der Waals surface area contributed by atoms with Gasteiger partial charge in [-0.05, 0) is 25.7 Å². The van der Waals surface area contributed by atoms with Crippen molar-refractivity contribution in [2.24, 2.45) is 0 Å². The van der Waals surface area contributed by atoms with Gasteiger partial charge in [-0.25, -0.2) is 4.79 Å². The van der Waals surface area contributed by atoms with Crippen LogP contribution in [0.1, 0.15) is 51.9 Å². The molecule has 7 nitrogen and oxygen atoms in total. The fourth-order valence-electron chi connectivity index (χ4n) is 3.37. The zero-order valence-electron chi connectivity index (χ0n) is 13.7. The van der Waals surface area contributed by atoms with Gasteiger partial charge >= 0.3 is 5.97 Å². The van der Waals surface area contributed by atoms with E-state index in [0.717, 1.165) is 19.3 Å². The predicted octanol–water partition coefficient (Wildman–Crippen LogP) is 0.606. The molecule has 130 valence electrons. The topological polar surface area (TPSA) is 98.2 Å². The minimum Gasteiger partial charge on any atom is -0.479 e. The Labute approximate surface area is 136 Å². The molecule has 0 saturated carbocycles. The normalized spacial score (nSPS) is 24.3. The number of aliphatic hydroxyl groups is 1. The van der Waals surface area contributed by atoms with Crippen LogP contribution in [0.2, 0.25) is 0 Å². The molecule has 7 heteroatoms. The maximum atomic E-state index is 12.8. The molecule has 0 radical (unpaired) electrons. The van der Waals surface area contributed by atoms with Crippen LogP contribution >= 0.6 is 0 Å². The summed E-state index contributed by atoms with van der Waals surface area (Å²) in [4.78, 5) is 39.3. The molecule has 2 saturated heterocycles. The Morgan fingerprint density at radius 3 is 2.35 bits per heavy atom. The van der Waals surface area contributed by atoms with Crippen LogP contribution in [0.15, 0.2) is 0 Å². The summed E-state index contributed by atoms with van der Waals surface area (Å²) in [5.74, 6) is -1.33. The maximum Gasteiger partial charge on any atom is 0.335 e. The number of hydrogen-bond donors (Lipinski definition) is 2. The SMILES string of the molecule is CCCC(=O)N1CCCCC1C(=O)N1CCC(O)(C(=O)O)CC1. The van der Waals surface area contributed by atoms with E-state index in [1.807, 2.05) is 6.92 Å². The molecule has 2 fully saturated rings. The average molecular weight is 326 g/mol. The van der Waals surface area contributed by atoms with Gasteiger partial charge in [-0.1, -0.05) is 6.92 Å². The Morgan fingerprint density at radius 2 is 1.78 bits per heavy atom. The highest BCUT2D eigenvalue weighted by molar-refractivity contribution is 5.88. The predicted molar refractivity (Wildman–Crippen MR) is 82.7 cm³/mol. The Morgan fingerprint density at radius 1 is 1.13 bits per heavy atom. The summed E-state index contributed by atoms with van der Waals surface area (Å²) in [6, 6.07) is -0.432. The average Bonchev–Trinajstić information content (AvgIpc) is 2.55. The van der Waals surface area contributed by atoms with Gasteiger partial charge in [0.25, 0.3) is 0 Å². The van der Waals surface area contributed by atoms with Crippen LogP contribution in [-0.4, -0.2) is 69.1 Å². The van der Waals surface area contributed by atoms with Crippen molar-refractivity contribution in [1.29, 1.82) is 0 Å². The summed E-state index contributed by atoms with van der Waals surface area (Å²) < 4.78 is 0. The molecule has 0 bridgehead atoms. The van der Waals surface area contributed by atoms with Crippen molar-refractivity contribution in [3.63, 3.8) is 0 Å². The molecule has 2 aliphatic heterocycles. The van der Waals surface area contributed by atoms with Gasteiger partial charge in [-0.15, -0.1) is 0 Å². The molecule has 2 amide bonds. The number of carbonyl (C=O) groups is 3. The van der Waals surface area contributed by atoms with Gasteiger partial charge in [-0.3, -0.25) is 9.59 Å². The van der Waals surface area contributed by atoms with Crippen molar-refractivity contribution in [2.45, 2.75) is 63.5 Å². The van der Waals surface area contributed by atoms with Gasteiger partial charge in [0.05, 0.1) is 0 Å². The molecule has 23 heavy (non-hydrogen) atoms. The van der Waals surface area contributed by atoms with Crippen LogP contribution in [0.25, 0.3) is 0 Å². The van der Waals surface area contributed by atoms with Gasteiger partial charge in [0.2, 0.25) is 11.8 Å². The molecule has 1 unspecified atom stereocenters. The molecule has 0 aromatic heterocycles. The molecule has 2 N–H and O–H groups in total. The van der Waals surface area contributed by atoms with Crippen molar-refractivity contribution in [3.05, 3.63) is 0 Å². The van der Waals surface area contributed by atoms with Gasteiger partial charge in [0.15, 0.2) is 5.60 Å². The van der Waals surface area contributed by atoms with Gasteiger partial charge < -0.3 is 20.0 Å². The van der Waals surface area contributed by atoms with E-state index in [2.05, 4.69) is 0 Å². The Balaban J connectivity index is 2.01. The first-order valence-corrected chi connectivity index (χ1v) is 8.43. The zero-order chi connectivity index (χ0) is 17.0. The number of rotatable bonds is 4. The van der Waals surface area contributed by atoms with Gasteiger partial charge in [0, 0.05) is 38.9 Å². The second-order valence-electron chi connectivity index (χ2n) is 6.51. The third-order valence-electron chi connectivity index (χ3n) is 4.87. The highest BCUT2D eigenvalue weighted by Crippen LogP contribution is 2.26. The number of carboxylic acids is 1. The number of nitrogens with zero attached hydrogens (tertiary/aromatic N) is 2. The van der Waals surface area contributed by atoms with Crippen LogP contribution in [0.3, 0.4) is 0 Å². The first kappa shape index (κ1) is 17.7. The molecule has 0 aliphatic carbocycles. The summed E-state index contributed by atoms with van der Waals surface area (Å²) in [5.41, 5.74) is -1.74. The second-order valence-corrected chi connectivity index (χ2v) is 6.51. The minimum atomic E-state index is -1.74. The lowest BCUT2D eigenvalue weighted by Gasteiger charge is -2.41. The Bertz CT molecular complexity index is 471. The Kier molecular flexibility index (Phi) is 5.62. The smallest absolute Gasteiger partial charge is 0.335 e. The minimum absolute atomic E-state index is 0.0181. The van der Waals surface area contributed by atoms with E-state index < -0.39 is 17.6 Å². The van der Waals surface area contributed by atoms with Crippen molar-refractivity contribution < 1.29 is 24.6 Å². The van der Waals surface area contributed by atoms with E-state index in [-0.39, 0.29) is 37.7 Å². The summed E-state index contributed by atoms with van der Waals surface area (Å²) >= 11 is 0. The lowest BCUT2D eigenvalue weighted by molar-refractivity contribution is -0.166. The summed E-state index contributed by atoms with van der Waals surface area (Å²) in [6.07, 6.45) is 3.76. The van der Waals surface area contributed by atoms with Crippen LogP contribution in [0.4, 0.5) is 0 Å². The van der Waals surface area contributed by atoms with E-state index in [9.17, 15) is 19.5 Å². The van der Waals surface area contributed by atoms with Gasteiger partial charge in [-0.2, -0.15) is 0 Å². The fourth-order valence-corrected chi connectivity index (χ4v) is 3.37. The van der Waals surface area contributed by atoms with E-state index in [1.165, 1.54) is 0 Å². The van der Waals surface area contributed by atoms with Crippen LogP contribution in [0, 0.1) is 0 Å². The van der Waals surface area contributed by atoms with Gasteiger partial charge in [0.1, 0.15) is 6.04 Å². The third-order valence-corrected chi connectivity index (χ3v) is 4.87. The van der Waals surface area contributed by atoms with Crippen LogP contribution in [0.5, 0.6) is 0 Å². The summed E-state index contributed by atoms with van der Waals surface area (Å²) in [7, 11) is 0. The highest BCUT2D eigenvalue weighted by atomic mass is 16.4. The van der Waals surface area contributed by atoms with E-state index in [0.29, 0.717) is 19.4 Å². The number of hydrogen-bond acceptors (Lipinski definition) is 4. The number of amides is 2. The number of likely N-dealkylation sites (tertiary alicyclic amines) is 2. The highest BCUT2D eigenvalue weighted by Gasteiger charge is 2.42. The maximum absolute atomic E-state index is 12.8. The molecule has 2 aliphatic rings. The number of carboxylic acid groups (broad SMARTS) is 1. The standard InChI is InChI=1S/C16H26N2O5/c1-2-5-13(19)18-9-4-3-6-12(18)14(20)17-10-7-16(23,8-11-17)15(21)22/h12,23H,2-11H2,1H3,(H,21,22). The van der Waals surface area contributed by atoms with Crippen molar-refractivity contribution in [1.82, 2.24) is 9.80 Å². The lowest BCUT2D eigenvalue weighted by Crippen LogP contribution is -2.57. The first-order chi connectivity index (χ1) is 10.9. The number of carbonyl (C=O) groups excluding carboxylic acids is 2. The molecule has 2 heterocycles. The molecule has 1 atom stereocenters. The number of piperidine rings is 2. The lowest BCUT2D eigenvalue weighted by atomic mass is 9.90. The summed E-state index contributed by atoms with van der Waals surface area (Å²) in [6.45, 7) is 2.99. The van der Waals surface area contributed by atoms with Crippen molar-refractivity contribution in [3.8, 4) is 0 Å². The van der Waals surface area contributed by atoms with Crippen molar-refractivity contribution in [2.75, 3.05) is 19.6 Å². The van der Waals surface area contributed by atoms with Crippen molar-refractivity contribution >= 4 is 17.8 Å². The molecule has 0 aromatic rings. The monoisotopic (exact) mass is 326 g/mol. The fraction of sp³-hybridized carbons (Fsp3) is 0.812. The second kappa shape index (κ2) is 7.29.